The number of nitrogens with zero attached hydrogens (tertiary/aromatic N) is 3. The molecule has 0 radical (unpaired) electrons. The van der Waals surface area contributed by atoms with Gasteiger partial charge in [0, 0.05) is 19.0 Å². The molecule has 4 nitrogen and oxygen atoms in total. The standard InChI is InChI=1S/C14H28N4/c1-5-7-13(15-8-6-2)9-14-16-11-17-18(14)10-12(3)4/h11-13,15H,5-10H2,1-4H3. The zero-order valence-corrected chi connectivity index (χ0v) is 12.3. The van der Waals surface area contributed by atoms with E-state index in [2.05, 4.69) is 47.8 Å². The monoisotopic (exact) mass is 252 g/mol. The molecule has 1 atom stereocenters. The Morgan fingerprint density at radius 1 is 1.28 bits per heavy atom. The zero-order valence-electron chi connectivity index (χ0n) is 12.3. The highest BCUT2D eigenvalue weighted by atomic mass is 15.3. The molecule has 0 saturated carbocycles. The molecular formula is C14H28N4. The first-order valence-electron chi connectivity index (χ1n) is 7.27. The van der Waals surface area contributed by atoms with Crippen molar-refractivity contribution in [1.29, 1.82) is 0 Å². The Kier molecular flexibility index (Phi) is 6.94. The first-order valence-corrected chi connectivity index (χ1v) is 7.27. The molecule has 18 heavy (non-hydrogen) atoms. The van der Waals surface area contributed by atoms with E-state index in [0.717, 1.165) is 25.3 Å². The van der Waals surface area contributed by atoms with Crippen LogP contribution in [-0.2, 0) is 13.0 Å². The van der Waals surface area contributed by atoms with Gasteiger partial charge in [0.15, 0.2) is 0 Å². The zero-order chi connectivity index (χ0) is 13.4. The van der Waals surface area contributed by atoms with Gasteiger partial charge in [-0.25, -0.2) is 9.67 Å². The molecule has 0 saturated heterocycles. The molecule has 0 aliphatic heterocycles. The van der Waals surface area contributed by atoms with Crippen LogP contribution in [0.4, 0.5) is 0 Å². The first kappa shape index (κ1) is 15.2. The summed E-state index contributed by atoms with van der Waals surface area (Å²) in [5.41, 5.74) is 0. The lowest BCUT2D eigenvalue weighted by molar-refractivity contribution is 0.426. The molecule has 4 heteroatoms. The summed E-state index contributed by atoms with van der Waals surface area (Å²) in [5, 5.41) is 7.94. The lowest BCUT2D eigenvalue weighted by Gasteiger charge is -2.18. The van der Waals surface area contributed by atoms with Gasteiger partial charge >= 0.3 is 0 Å². The van der Waals surface area contributed by atoms with E-state index in [4.69, 9.17) is 0 Å². The van der Waals surface area contributed by atoms with Crippen molar-refractivity contribution in [3.05, 3.63) is 12.2 Å². The molecule has 0 amide bonds. The molecule has 0 fully saturated rings. The number of aromatic nitrogens is 3. The maximum Gasteiger partial charge on any atom is 0.138 e. The molecule has 0 aromatic carbocycles. The summed E-state index contributed by atoms with van der Waals surface area (Å²) < 4.78 is 2.06. The second kappa shape index (κ2) is 8.25. The number of hydrogen-bond acceptors (Lipinski definition) is 3. The van der Waals surface area contributed by atoms with Crippen molar-refractivity contribution in [2.75, 3.05) is 6.54 Å². The summed E-state index contributed by atoms with van der Waals surface area (Å²) in [6, 6.07) is 0.532. The minimum absolute atomic E-state index is 0.532. The number of nitrogens with one attached hydrogen (secondary N) is 1. The number of rotatable bonds is 9. The molecule has 0 spiro atoms. The number of hydrogen-bond donors (Lipinski definition) is 1. The van der Waals surface area contributed by atoms with Crippen LogP contribution >= 0.6 is 0 Å². The first-order chi connectivity index (χ1) is 8.67. The lowest BCUT2D eigenvalue weighted by Crippen LogP contribution is -2.32. The van der Waals surface area contributed by atoms with Gasteiger partial charge in [-0.3, -0.25) is 0 Å². The predicted molar refractivity (Wildman–Crippen MR) is 75.6 cm³/mol. The second-order valence-electron chi connectivity index (χ2n) is 5.40. The van der Waals surface area contributed by atoms with Gasteiger partial charge in [0.25, 0.3) is 0 Å². The van der Waals surface area contributed by atoms with E-state index in [1.54, 1.807) is 6.33 Å². The summed E-state index contributed by atoms with van der Waals surface area (Å²) in [7, 11) is 0. The summed E-state index contributed by atoms with van der Waals surface area (Å²) >= 11 is 0. The Labute approximate surface area is 111 Å². The third kappa shape index (κ3) is 5.17. The minimum atomic E-state index is 0.532. The molecule has 1 aromatic heterocycles. The Hall–Kier alpha value is -0.900. The Morgan fingerprint density at radius 3 is 2.67 bits per heavy atom. The summed E-state index contributed by atoms with van der Waals surface area (Å²) in [4.78, 5) is 4.41. The molecule has 0 aliphatic carbocycles. The van der Waals surface area contributed by atoms with Crippen molar-refractivity contribution in [3.63, 3.8) is 0 Å². The van der Waals surface area contributed by atoms with Crippen LogP contribution in [0.1, 0.15) is 52.8 Å². The van der Waals surface area contributed by atoms with Crippen molar-refractivity contribution in [1.82, 2.24) is 20.1 Å². The maximum atomic E-state index is 4.41. The van der Waals surface area contributed by atoms with Crippen LogP contribution in [-0.4, -0.2) is 27.4 Å². The van der Waals surface area contributed by atoms with Gasteiger partial charge in [0.05, 0.1) is 0 Å². The molecule has 0 aliphatic rings. The summed E-state index contributed by atoms with van der Waals surface area (Å²) in [6.45, 7) is 10.9. The maximum absolute atomic E-state index is 4.41. The van der Waals surface area contributed by atoms with Gasteiger partial charge in [0.2, 0.25) is 0 Å². The van der Waals surface area contributed by atoms with Gasteiger partial charge in [-0.05, 0) is 25.3 Å². The summed E-state index contributed by atoms with van der Waals surface area (Å²) in [5.74, 6) is 1.73. The van der Waals surface area contributed by atoms with Gasteiger partial charge < -0.3 is 5.32 Å². The topological polar surface area (TPSA) is 42.7 Å². The second-order valence-corrected chi connectivity index (χ2v) is 5.40. The van der Waals surface area contributed by atoms with E-state index >= 15 is 0 Å². The normalized spacial score (nSPS) is 13.2. The van der Waals surface area contributed by atoms with Crippen LogP contribution in [0, 0.1) is 5.92 Å². The average molecular weight is 252 g/mol. The van der Waals surface area contributed by atoms with E-state index in [1.807, 2.05) is 0 Å². The van der Waals surface area contributed by atoms with Crippen molar-refractivity contribution < 1.29 is 0 Å². The van der Waals surface area contributed by atoms with Crippen LogP contribution in [0.5, 0.6) is 0 Å². The molecule has 0 bridgehead atoms. The van der Waals surface area contributed by atoms with Crippen LogP contribution in [0.25, 0.3) is 0 Å². The van der Waals surface area contributed by atoms with Crippen LogP contribution in [0.15, 0.2) is 6.33 Å². The Bertz CT molecular complexity index is 319. The van der Waals surface area contributed by atoms with Gasteiger partial charge in [0.1, 0.15) is 12.2 Å². The van der Waals surface area contributed by atoms with E-state index in [9.17, 15) is 0 Å². The van der Waals surface area contributed by atoms with E-state index in [-0.39, 0.29) is 0 Å². The predicted octanol–water partition coefficient (Wildman–Crippen LogP) is 2.64. The van der Waals surface area contributed by atoms with Crippen molar-refractivity contribution in [2.24, 2.45) is 5.92 Å². The molecule has 1 heterocycles. The smallest absolute Gasteiger partial charge is 0.138 e. The fourth-order valence-corrected chi connectivity index (χ4v) is 2.14. The van der Waals surface area contributed by atoms with E-state index < -0.39 is 0 Å². The van der Waals surface area contributed by atoms with Crippen LogP contribution in [0.2, 0.25) is 0 Å². The van der Waals surface area contributed by atoms with Crippen molar-refractivity contribution in [2.45, 2.75) is 66.0 Å². The SMILES string of the molecule is CCCNC(CCC)Cc1ncnn1CC(C)C. The highest BCUT2D eigenvalue weighted by Crippen LogP contribution is 2.07. The minimum Gasteiger partial charge on any atom is -0.314 e. The lowest BCUT2D eigenvalue weighted by atomic mass is 10.1. The molecule has 1 N–H and O–H groups in total. The fourth-order valence-electron chi connectivity index (χ4n) is 2.14. The van der Waals surface area contributed by atoms with E-state index in [1.165, 1.54) is 19.3 Å². The third-order valence-electron chi connectivity index (χ3n) is 2.98. The fraction of sp³-hybridized carbons (Fsp3) is 0.857. The molecule has 1 aromatic rings. The Balaban J connectivity index is 2.59. The molecule has 1 rings (SSSR count). The Morgan fingerprint density at radius 2 is 2.06 bits per heavy atom. The highest BCUT2D eigenvalue weighted by Gasteiger charge is 2.13. The van der Waals surface area contributed by atoms with E-state index in [0.29, 0.717) is 12.0 Å². The molecule has 104 valence electrons. The van der Waals surface area contributed by atoms with Crippen molar-refractivity contribution in [3.8, 4) is 0 Å². The van der Waals surface area contributed by atoms with Gasteiger partial charge in [-0.1, -0.05) is 34.1 Å². The molecular weight excluding hydrogens is 224 g/mol. The molecule has 1 unspecified atom stereocenters. The van der Waals surface area contributed by atoms with Crippen LogP contribution in [0.3, 0.4) is 0 Å². The average Bonchev–Trinajstić information content (AvgIpc) is 2.73. The summed E-state index contributed by atoms with van der Waals surface area (Å²) in [6.07, 6.45) is 6.26. The highest BCUT2D eigenvalue weighted by molar-refractivity contribution is 4.90. The quantitative estimate of drug-likeness (QED) is 0.734. The van der Waals surface area contributed by atoms with Crippen molar-refractivity contribution >= 4 is 0 Å². The third-order valence-corrected chi connectivity index (χ3v) is 2.98. The van der Waals surface area contributed by atoms with Crippen LogP contribution < -0.4 is 5.32 Å². The van der Waals surface area contributed by atoms with Gasteiger partial charge in [-0.2, -0.15) is 5.10 Å². The van der Waals surface area contributed by atoms with Gasteiger partial charge in [-0.15, -0.1) is 0 Å². The largest absolute Gasteiger partial charge is 0.314 e.